The second-order valence-electron chi connectivity index (χ2n) is 5.93. The molecule has 0 spiro atoms. The van der Waals surface area contributed by atoms with E-state index in [1.165, 1.54) is 5.56 Å². The summed E-state index contributed by atoms with van der Waals surface area (Å²) in [6.45, 7) is 2.30. The summed E-state index contributed by atoms with van der Waals surface area (Å²) in [5, 5.41) is 10.8. The van der Waals surface area contributed by atoms with Crippen LogP contribution in [0.5, 0.6) is 11.6 Å². The molecule has 0 amide bonds. The van der Waals surface area contributed by atoms with Gasteiger partial charge in [-0.3, -0.25) is 4.99 Å². The Hall–Kier alpha value is -2.33. The molecular weight excluding hydrogens is 499 g/mol. The van der Waals surface area contributed by atoms with Crippen LogP contribution >= 0.6 is 35.3 Å². The number of para-hydroxylation sites is 1. The molecule has 0 aliphatic carbocycles. The van der Waals surface area contributed by atoms with E-state index in [1.807, 2.05) is 42.5 Å². The van der Waals surface area contributed by atoms with Gasteiger partial charge in [0.2, 0.25) is 5.88 Å². The van der Waals surface area contributed by atoms with Crippen LogP contribution in [-0.4, -0.2) is 31.2 Å². The van der Waals surface area contributed by atoms with Crippen molar-refractivity contribution in [3.63, 3.8) is 0 Å². The number of halogens is 1. The van der Waals surface area contributed by atoms with Crippen LogP contribution in [-0.2, 0) is 13.1 Å². The van der Waals surface area contributed by atoms with Gasteiger partial charge in [0.25, 0.3) is 0 Å². The van der Waals surface area contributed by atoms with E-state index in [9.17, 15) is 0 Å². The van der Waals surface area contributed by atoms with Gasteiger partial charge in [0.1, 0.15) is 19.0 Å². The highest BCUT2D eigenvalue weighted by molar-refractivity contribution is 14.0. The molecule has 0 saturated heterocycles. The molecule has 2 heterocycles. The molecule has 0 aliphatic rings. The van der Waals surface area contributed by atoms with Crippen LogP contribution in [0.1, 0.15) is 11.1 Å². The summed E-state index contributed by atoms with van der Waals surface area (Å²) in [5.74, 6) is 2.17. The smallest absolute Gasteiger partial charge is 0.213 e. The zero-order chi connectivity index (χ0) is 19.4. The lowest BCUT2D eigenvalue weighted by atomic mass is 10.3. The van der Waals surface area contributed by atoms with Crippen LogP contribution in [0.15, 0.2) is 70.5 Å². The first-order valence-corrected chi connectivity index (χ1v) is 9.99. The summed E-state index contributed by atoms with van der Waals surface area (Å²) in [6.07, 6.45) is 1.80. The van der Waals surface area contributed by atoms with Crippen LogP contribution in [0.4, 0.5) is 0 Å². The van der Waals surface area contributed by atoms with Crippen LogP contribution in [0.3, 0.4) is 0 Å². The molecule has 154 valence electrons. The highest BCUT2D eigenvalue weighted by Gasteiger charge is 2.01. The van der Waals surface area contributed by atoms with Gasteiger partial charge >= 0.3 is 0 Å². The fourth-order valence-electron chi connectivity index (χ4n) is 2.41. The molecule has 1 aromatic carbocycles. The van der Waals surface area contributed by atoms with Crippen LogP contribution in [0.2, 0.25) is 0 Å². The van der Waals surface area contributed by atoms with Crippen molar-refractivity contribution in [1.82, 2.24) is 15.6 Å². The lowest BCUT2D eigenvalue weighted by molar-refractivity contribution is 0.212. The Bertz CT molecular complexity index is 843. The third-order valence-corrected chi connectivity index (χ3v) is 4.60. The first-order chi connectivity index (χ1) is 13.8. The number of nitrogens with one attached hydrogen (secondary N) is 2. The molecule has 6 nitrogen and oxygen atoms in total. The van der Waals surface area contributed by atoms with Gasteiger partial charge in [0.05, 0.1) is 0 Å². The predicted octanol–water partition coefficient (Wildman–Crippen LogP) is 4.08. The number of thiophene rings is 1. The van der Waals surface area contributed by atoms with E-state index >= 15 is 0 Å². The van der Waals surface area contributed by atoms with E-state index in [0.29, 0.717) is 25.6 Å². The second kappa shape index (κ2) is 13.0. The minimum atomic E-state index is 0. The van der Waals surface area contributed by atoms with Gasteiger partial charge < -0.3 is 20.1 Å². The molecule has 29 heavy (non-hydrogen) atoms. The quantitative estimate of drug-likeness (QED) is 0.191. The van der Waals surface area contributed by atoms with E-state index < -0.39 is 0 Å². The number of hydrogen-bond donors (Lipinski definition) is 2. The topological polar surface area (TPSA) is 67.8 Å². The largest absolute Gasteiger partial charge is 0.490 e. The minimum absolute atomic E-state index is 0. The fraction of sp³-hybridized carbons (Fsp3) is 0.238. The zero-order valence-corrected chi connectivity index (χ0v) is 19.4. The third-order valence-electron chi connectivity index (χ3n) is 3.87. The molecular formula is C21H25IN4O2S. The maximum Gasteiger partial charge on any atom is 0.213 e. The number of pyridine rings is 1. The Kier molecular flexibility index (Phi) is 10.3. The molecule has 8 heteroatoms. The lowest BCUT2D eigenvalue weighted by Crippen LogP contribution is -2.36. The van der Waals surface area contributed by atoms with Crippen LogP contribution < -0.4 is 20.1 Å². The summed E-state index contributed by atoms with van der Waals surface area (Å²) in [5.41, 5.74) is 2.29. The Balaban J connectivity index is 0.00000300. The monoisotopic (exact) mass is 524 g/mol. The second-order valence-corrected chi connectivity index (χ2v) is 6.71. The molecule has 0 bridgehead atoms. The van der Waals surface area contributed by atoms with Gasteiger partial charge in [-0.05, 0) is 40.1 Å². The Labute approximate surface area is 192 Å². The number of benzene rings is 1. The van der Waals surface area contributed by atoms with Crippen molar-refractivity contribution in [3.8, 4) is 11.6 Å². The third kappa shape index (κ3) is 8.28. The maximum absolute atomic E-state index is 5.62. The normalized spacial score (nSPS) is 10.7. The van der Waals surface area contributed by atoms with Crippen molar-refractivity contribution in [2.45, 2.75) is 13.1 Å². The number of nitrogens with zero attached hydrogens (tertiary/aromatic N) is 2. The fourth-order valence-corrected chi connectivity index (χ4v) is 3.08. The zero-order valence-electron chi connectivity index (χ0n) is 16.2. The van der Waals surface area contributed by atoms with Gasteiger partial charge in [-0.25, -0.2) is 4.98 Å². The number of rotatable bonds is 9. The number of aromatic nitrogens is 1. The molecule has 0 saturated carbocycles. The van der Waals surface area contributed by atoms with E-state index in [2.05, 4.69) is 37.4 Å². The molecule has 0 radical (unpaired) electrons. The average molecular weight is 524 g/mol. The number of ether oxygens (including phenoxy) is 2. The molecule has 0 aliphatic heterocycles. The first-order valence-electron chi connectivity index (χ1n) is 9.04. The number of hydrogen-bond acceptors (Lipinski definition) is 5. The van der Waals surface area contributed by atoms with Crippen molar-refractivity contribution >= 4 is 41.3 Å². The number of aliphatic imine (C=N–C) groups is 1. The Morgan fingerprint density at radius 3 is 2.38 bits per heavy atom. The van der Waals surface area contributed by atoms with Crippen LogP contribution in [0, 0.1) is 0 Å². The van der Waals surface area contributed by atoms with Crippen molar-refractivity contribution in [2.24, 2.45) is 4.99 Å². The van der Waals surface area contributed by atoms with E-state index in [1.54, 1.807) is 24.6 Å². The molecule has 0 unspecified atom stereocenters. The van der Waals surface area contributed by atoms with Crippen molar-refractivity contribution in [3.05, 3.63) is 76.6 Å². The van der Waals surface area contributed by atoms with E-state index in [4.69, 9.17) is 9.47 Å². The lowest BCUT2D eigenvalue weighted by Gasteiger charge is -2.12. The molecule has 2 N–H and O–H groups in total. The highest BCUT2D eigenvalue weighted by atomic mass is 127. The molecule has 3 rings (SSSR count). The number of guanidine groups is 1. The van der Waals surface area contributed by atoms with Crippen molar-refractivity contribution < 1.29 is 9.47 Å². The molecule has 2 aromatic heterocycles. The Morgan fingerprint density at radius 2 is 1.72 bits per heavy atom. The highest BCUT2D eigenvalue weighted by Crippen LogP contribution is 2.10. The molecule has 0 fully saturated rings. The van der Waals surface area contributed by atoms with Gasteiger partial charge in [-0.15, -0.1) is 24.0 Å². The summed E-state index contributed by atoms with van der Waals surface area (Å²) >= 11 is 1.69. The van der Waals surface area contributed by atoms with E-state index in [-0.39, 0.29) is 24.0 Å². The predicted molar refractivity (Wildman–Crippen MR) is 128 cm³/mol. The van der Waals surface area contributed by atoms with Crippen molar-refractivity contribution in [2.75, 3.05) is 20.3 Å². The molecule has 0 atom stereocenters. The summed E-state index contributed by atoms with van der Waals surface area (Å²) < 4.78 is 11.2. The van der Waals surface area contributed by atoms with Gasteiger partial charge in [-0.1, -0.05) is 24.3 Å². The summed E-state index contributed by atoms with van der Waals surface area (Å²) in [4.78, 5) is 8.57. The minimum Gasteiger partial charge on any atom is -0.490 e. The summed E-state index contributed by atoms with van der Waals surface area (Å²) in [6, 6.07) is 15.6. The average Bonchev–Trinajstić information content (AvgIpc) is 3.27. The van der Waals surface area contributed by atoms with Gasteiger partial charge in [0.15, 0.2) is 5.96 Å². The Morgan fingerprint density at radius 1 is 0.966 bits per heavy atom. The van der Waals surface area contributed by atoms with Crippen LogP contribution in [0.25, 0.3) is 0 Å². The van der Waals surface area contributed by atoms with Crippen molar-refractivity contribution in [1.29, 1.82) is 0 Å². The first kappa shape index (κ1) is 23.0. The van der Waals surface area contributed by atoms with Gasteiger partial charge in [-0.2, -0.15) is 11.3 Å². The standard InChI is InChI=1S/C21H24N4O2S.HI/c1-22-21(25-15-18-9-12-28-16-18)24-14-17-7-8-20(23-13-17)27-11-10-26-19-5-3-2-4-6-19;/h2-9,12-13,16H,10-11,14-15H2,1H3,(H2,22,24,25);1H. The molecule has 3 aromatic rings. The summed E-state index contributed by atoms with van der Waals surface area (Å²) in [7, 11) is 1.76. The van der Waals surface area contributed by atoms with Gasteiger partial charge in [0, 0.05) is 32.4 Å². The SMILES string of the molecule is CN=C(NCc1ccc(OCCOc2ccccc2)nc1)NCc1ccsc1.I. The maximum atomic E-state index is 5.62. The van der Waals surface area contributed by atoms with E-state index in [0.717, 1.165) is 23.8 Å².